The molecule has 1 heterocycles. The van der Waals surface area contributed by atoms with E-state index in [0.29, 0.717) is 22.5 Å². The number of aromatic nitrogens is 1. The summed E-state index contributed by atoms with van der Waals surface area (Å²) in [5.74, 6) is -0.805. The maximum Gasteiger partial charge on any atom is 0.417 e. The van der Waals surface area contributed by atoms with Crippen molar-refractivity contribution in [3.63, 3.8) is 0 Å². The Kier molecular flexibility index (Phi) is 6.60. The maximum atomic E-state index is 12.9. The summed E-state index contributed by atoms with van der Waals surface area (Å²) >= 11 is 5.56. The van der Waals surface area contributed by atoms with E-state index in [1.165, 1.54) is 24.3 Å². The molecule has 0 spiro atoms. The van der Waals surface area contributed by atoms with Crippen LogP contribution in [0, 0.1) is 0 Å². The number of sulfonamides is 1. The highest BCUT2D eigenvalue weighted by Gasteiger charge is 2.32. The number of amides is 1. The molecule has 0 aliphatic rings. The van der Waals surface area contributed by atoms with Crippen LogP contribution in [-0.2, 0) is 27.5 Å². The van der Waals surface area contributed by atoms with E-state index in [1.807, 2.05) is 0 Å². The summed E-state index contributed by atoms with van der Waals surface area (Å²) in [6.07, 6.45) is -4.25. The van der Waals surface area contributed by atoms with Crippen LogP contribution in [0.15, 0.2) is 76.6 Å². The van der Waals surface area contributed by atoms with Crippen molar-refractivity contribution in [1.29, 1.82) is 0 Å². The number of carbonyl (C=O) groups is 1. The van der Waals surface area contributed by atoms with Gasteiger partial charge < -0.3 is 9.88 Å². The molecule has 3 rings (SSSR count). The predicted octanol–water partition coefficient (Wildman–Crippen LogP) is 3.96. The first kappa shape index (κ1) is 23.4. The maximum absolute atomic E-state index is 12.9. The number of pyridine rings is 1. The van der Waals surface area contributed by atoms with Crippen molar-refractivity contribution >= 4 is 38.9 Å². The molecule has 2 aromatic carbocycles. The minimum atomic E-state index is -4.75. The van der Waals surface area contributed by atoms with Crippen molar-refractivity contribution in [2.45, 2.75) is 17.6 Å². The number of para-hydroxylation sites is 1. The minimum absolute atomic E-state index is 0.0692. The van der Waals surface area contributed by atoms with Gasteiger partial charge >= 0.3 is 6.18 Å². The molecular weight excluding hydrogens is 471 g/mol. The molecular formula is C20H15ClF3N3O4S. The zero-order valence-corrected chi connectivity index (χ0v) is 17.6. The zero-order valence-electron chi connectivity index (χ0n) is 16.1. The average molecular weight is 486 g/mol. The number of nitrogens with zero attached hydrogens (tertiary/aromatic N) is 1. The number of rotatable bonds is 6. The van der Waals surface area contributed by atoms with Crippen LogP contribution >= 0.6 is 11.6 Å². The Morgan fingerprint density at radius 2 is 1.62 bits per heavy atom. The first-order valence-corrected chi connectivity index (χ1v) is 10.8. The SMILES string of the molecule is O=C(Cn1cc(C(F)(F)F)cc(Cl)c1=O)Nc1ccc(S(=O)(=O)Nc2ccccc2)cc1. The standard InChI is InChI=1S/C20H15ClF3N3O4S/c21-17-10-13(20(22,23)24)11-27(19(17)29)12-18(28)25-14-6-8-16(9-7-14)32(30,31)26-15-4-2-1-3-5-15/h1-11,26H,12H2,(H,25,28). The number of alkyl halides is 3. The molecule has 0 atom stereocenters. The summed E-state index contributed by atoms with van der Waals surface area (Å²) in [6, 6.07) is 13.8. The Labute approximate surface area is 185 Å². The predicted molar refractivity (Wildman–Crippen MR) is 113 cm³/mol. The number of benzene rings is 2. The molecule has 32 heavy (non-hydrogen) atoms. The van der Waals surface area contributed by atoms with Crippen LogP contribution < -0.4 is 15.6 Å². The first-order valence-electron chi connectivity index (χ1n) is 8.91. The molecule has 0 bridgehead atoms. The largest absolute Gasteiger partial charge is 0.417 e. The summed E-state index contributed by atoms with van der Waals surface area (Å²) in [5.41, 5.74) is -1.58. The van der Waals surface area contributed by atoms with Gasteiger partial charge in [-0.2, -0.15) is 13.2 Å². The first-order chi connectivity index (χ1) is 15.0. The third-order valence-electron chi connectivity index (χ3n) is 4.16. The number of nitrogens with one attached hydrogen (secondary N) is 2. The Balaban J connectivity index is 1.72. The van der Waals surface area contributed by atoms with Crippen LogP contribution in [0.1, 0.15) is 5.56 Å². The van der Waals surface area contributed by atoms with Crippen LogP contribution in [0.25, 0.3) is 0 Å². The number of anilines is 2. The second-order valence-electron chi connectivity index (χ2n) is 6.55. The lowest BCUT2D eigenvalue weighted by molar-refractivity contribution is -0.138. The minimum Gasteiger partial charge on any atom is -0.325 e. The van der Waals surface area contributed by atoms with Gasteiger partial charge in [0.25, 0.3) is 15.6 Å². The van der Waals surface area contributed by atoms with E-state index in [9.17, 15) is 31.2 Å². The molecule has 0 saturated carbocycles. The average Bonchev–Trinajstić information content (AvgIpc) is 2.71. The van der Waals surface area contributed by atoms with E-state index in [2.05, 4.69) is 10.0 Å². The van der Waals surface area contributed by atoms with Crippen molar-refractivity contribution in [2.75, 3.05) is 10.0 Å². The molecule has 1 aromatic heterocycles. The van der Waals surface area contributed by atoms with Gasteiger partial charge in [0, 0.05) is 17.6 Å². The second-order valence-corrected chi connectivity index (χ2v) is 8.64. The molecule has 3 aromatic rings. The lowest BCUT2D eigenvalue weighted by Gasteiger charge is -2.12. The van der Waals surface area contributed by atoms with Gasteiger partial charge in [0.2, 0.25) is 5.91 Å². The number of halogens is 4. The van der Waals surface area contributed by atoms with E-state index in [-0.39, 0.29) is 10.6 Å². The lowest BCUT2D eigenvalue weighted by atomic mass is 10.2. The Hall–Kier alpha value is -3.31. The van der Waals surface area contributed by atoms with E-state index >= 15 is 0 Å². The van der Waals surface area contributed by atoms with Gasteiger partial charge in [0.05, 0.1) is 10.5 Å². The van der Waals surface area contributed by atoms with Crippen LogP contribution in [0.2, 0.25) is 5.02 Å². The van der Waals surface area contributed by atoms with Gasteiger partial charge in [-0.15, -0.1) is 0 Å². The molecule has 0 unspecified atom stereocenters. The number of hydrogen-bond donors (Lipinski definition) is 2. The molecule has 0 aliphatic heterocycles. The van der Waals surface area contributed by atoms with E-state index in [0.717, 1.165) is 0 Å². The van der Waals surface area contributed by atoms with Gasteiger partial charge in [-0.05, 0) is 42.5 Å². The van der Waals surface area contributed by atoms with Crippen LogP contribution in [-0.4, -0.2) is 18.9 Å². The fraction of sp³-hybridized carbons (Fsp3) is 0.100. The quantitative estimate of drug-likeness (QED) is 0.552. The summed E-state index contributed by atoms with van der Waals surface area (Å²) in [7, 11) is -3.87. The fourth-order valence-corrected chi connectivity index (χ4v) is 3.95. The highest BCUT2D eigenvalue weighted by molar-refractivity contribution is 7.92. The Morgan fingerprint density at radius 1 is 1.00 bits per heavy atom. The monoisotopic (exact) mass is 485 g/mol. The zero-order chi connectivity index (χ0) is 23.5. The van der Waals surface area contributed by atoms with Crippen molar-refractivity contribution in [1.82, 2.24) is 4.57 Å². The third kappa shape index (κ3) is 5.68. The summed E-state index contributed by atoms with van der Waals surface area (Å²) in [5, 5.41) is 1.71. The lowest BCUT2D eigenvalue weighted by Crippen LogP contribution is -2.29. The van der Waals surface area contributed by atoms with Crippen molar-refractivity contribution in [2.24, 2.45) is 0 Å². The molecule has 2 N–H and O–H groups in total. The van der Waals surface area contributed by atoms with Crippen molar-refractivity contribution < 1.29 is 26.4 Å². The number of hydrogen-bond acceptors (Lipinski definition) is 4. The molecule has 0 radical (unpaired) electrons. The molecule has 0 aliphatic carbocycles. The van der Waals surface area contributed by atoms with E-state index in [1.54, 1.807) is 30.3 Å². The highest BCUT2D eigenvalue weighted by Crippen LogP contribution is 2.29. The smallest absolute Gasteiger partial charge is 0.325 e. The molecule has 7 nitrogen and oxygen atoms in total. The van der Waals surface area contributed by atoms with Crippen molar-refractivity contribution in [3.8, 4) is 0 Å². The number of carbonyl (C=O) groups excluding carboxylic acids is 1. The summed E-state index contributed by atoms with van der Waals surface area (Å²) in [6.45, 7) is -0.724. The molecule has 0 fully saturated rings. The van der Waals surface area contributed by atoms with Gasteiger partial charge in [0.1, 0.15) is 11.6 Å². The van der Waals surface area contributed by atoms with Gasteiger partial charge in [-0.3, -0.25) is 14.3 Å². The topological polar surface area (TPSA) is 97.3 Å². The van der Waals surface area contributed by atoms with E-state index in [4.69, 9.17) is 11.6 Å². The van der Waals surface area contributed by atoms with Crippen molar-refractivity contribution in [3.05, 3.63) is 87.8 Å². The second kappa shape index (κ2) is 9.05. The third-order valence-corrected chi connectivity index (χ3v) is 5.83. The molecule has 0 saturated heterocycles. The van der Waals surface area contributed by atoms with Gasteiger partial charge in [0.15, 0.2) is 0 Å². The molecule has 1 amide bonds. The normalized spacial score (nSPS) is 11.8. The molecule has 168 valence electrons. The van der Waals surface area contributed by atoms with E-state index < -0.39 is 44.8 Å². The van der Waals surface area contributed by atoms with Gasteiger partial charge in [-0.25, -0.2) is 8.42 Å². The molecule has 12 heteroatoms. The Bertz CT molecular complexity index is 1290. The van der Waals surface area contributed by atoms with Crippen LogP contribution in [0.4, 0.5) is 24.5 Å². The van der Waals surface area contributed by atoms with Crippen LogP contribution in [0.5, 0.6) is 0 Å². The summed E-state index contributed by atoms with van der Waals surface area (Å²) < 4.78 is 66.5. The highest BCUT2D eigenvalue weighted by atomic mass is 35.5. The summed E-state index contributed by atoms with van der Waals surface area (Å²) in [4.78, 5) is 24.1. The fourth-order valence-electron chi connectivity index (χ4n) is 2.66. The Morgan fingerprint density at radius 3 is 2.22 bits per heavy atom. The van der Waals surface area contributed by atoms with Crippen LogP contribution in [0.3, 0.4) is 0 Å². The van der Waals surface area contributed by atoms with Gasteiger partial charge in [-0.1, -0.05) is 29.8 Å².